The molecule has 8 heteroatoms. The smallest absolute Gasteiger partial charge is 0.328 e. The first kappa shape index (κ1) is 21.9. The number of benzene rings is 2. The second-order valence-corrected chi connectivity index (χ2v) is 7.61. The van der Waals surface area contributed by atoms with Crippen LogP contribution in [0.5, 0.6) is 5.75 Å². The van der Waals surface area contributed by atoms with E-state index in [0.717, 1.165) is 17.1 Å². The molecule has 3 aromatic rings. The lowest BCUT2D eigenvalue weighted by Gasteiger charge is -2.21. The van der Waals surface area contributed by atoms with Gasteiger partial charge in [0.1, 0.15) is 17.7 Å². The van der Waals surface area contributed by atoms with Crippen LogP contribution in [0.3, 0.4) is 0 Å². The first-order chi connectivity index (χ1) is 14.2. The highest BCUT2D eigenvalue weighted by atomic mass is 35.5. The Bertz CT molecular complexity index is 1150. The van der Waals surface area contributed by atoms with Crippen molar-refractivity contribution in [2.24, 2.45) is 0 Å². The van der Waals surface area contributed by atoms with Gasteiger partial charge in [-0.2, -0.15) is 0 Å². The Balaban J connectivity index is 2.05. The lowest BCUT2D eigenvalue weighted by Crippen LogP contribution is -2.11. The second kappa shape index (κ2) is 8.90. The summed E-state index contributed by atoms with van der Waals surface area (Å²) in [7, 11) is 3.71. The normalized spacial score (nSPS) is 12.3. The topological polar surface area (TPSA) is 62.7 Å². The van der Waals surface area contributed by atoms with E-state index < -0.39 is 17.9 Å². The van der Waals surface area contributed by atoms with Gasteiger partial charge in [0, 0.05) is 47.9 Å². The van der Waals surface area contributed by atoms with Gasteiger partial charge >= 0.3 is 5.97 Å². The largest absolute Gasteiger partial charge is 0.486 e. The zero-order valence-corrected chi connectivity index (χ0v) is 18.0. The third-order valence-corrected chi connectivity index (χ3v) is 5.20. The van der Waals surface area contributed by atoms with E-state index in [1.807, 2.05) is 19.0 Å². The van der Waals surface area contributed by atoms with E-state index in [9.17, 15) is 9.18 Å². The number of carbonyl (C=O) groups is 1. The summed E-state index contributed by atoms with van der Waals surface area (Å²) < 4.78 is 19.9. The van der Waals surface area contributed by atoms with Gasteiger partial charge in [-0.3, -0.25) is 4.98 Å². The Hall–Kier alpha value is -2.83. The highest BCUT2D eigenvalue weighted by Gasteiger charge is 2.19. The van der Waals surface area contributed by atoms with E-state index in [1.54, 1.807) is 31.3 Å². The maximum Gasteiger partial charge on any atom is 0.328 e. The maximum absolute atomic E-state index is 13.9. The number of carboxylic acids is 1. The number of carboxylic acid groups (broad SMARTS) is 1. The highest BCUT2D eigenvalue weighted by Crippen LogP contribution is 2.37. The predicted octanol–water partition coefficient (Wildman–Crippen LogP) is 5.98. The number of rotatable bonds is 6. The van der Waals surface area contributed by atoms with Gasteiger partial charge in [0.05, 0.1) is 16.2 Å². The van der Waals surface area contributed by atoms with Gasteiger partial charge in [-0.25, -0.2) is 9.18 Å². The van der Waals surface area contributed by atoms with Gasteiger partial charge < -0.3 is 14.7 Å². The number of aliphatic carboxylic acids is 1. The molecule has 0 radical (unpaired) electrons. The zero-order chi connectivity index (χ0) is 22.0. The minimum atomic E-state index is -1.05. The molecule has 0 amide bonds. The molecular weight excluding hydrogens is 430 g/mol. The lowest BCUT2D eigenvalue weighted by atomic mass is 10.1. The van der Waals surface area contributed by atoms with Crippen LogP contribution >= 0.6 is 23.2 Å². The second-order valence-electron chi connectivity index (χ2n) is 6.82. The standard InChI is InChI=1S/C22H19Cl2FN2O3/c1-12(20-16(23)6-7-17(25)21(20)24)30-14-5-8-18-15(10-14)22(27(2)3)13(11-26-18)4-9-19(28)29/h4-12H,1-3H3,(H,28,29)/b9-4+/t12-/m0/s1. The van der Waals surface area contributed by atoms with Crippen LogP contribution in [0.4, 0.5) is 10.1 Å². The van der Waals surface area contributed by atoms with E-state index >= 15 is 0 Å². The zero-order valence-electron chi connectivity index (χ0n) is 16.5. The Morgan fingerprint density at radius 3 is 2.67 bits per heavy atom. The summed E-state index contributed by atoms with van der Waals surface area (Å²) in [5, 5.41) is 9.95. The third kappa shape index (κ3) is 4.50. The number of hydrogen-bond donors (Lipinski definition) is 1. The van der Waals surface area contributed by atoms with E-state index in [-0.39, 0.29) is 5.02 Å². The summed E-state index contributed by atoms with van der Waals surface area (Å²) in [6.45, 7) is 1.73. The van der Waals surface area contributed by atoms with E-state index in [0.29, 0.717) is 27.4 Å². The summed E-state index contributed by atoms with van der Waals surface area (Å²) in [5.41, 5.74) is 2.52. The first-order valence-corrected chi connectivity index (χ1v) is 9.75. The highest BCUT2D eigenvalue weighted by molar-refractivity contribution is 6.36. The van der Waals surface area contributed by atoms with Crippen LogP contribution in [-0.4, -0.2) is 30.2 Å². The number of anilines is 1. The molecule has 3 rings (SSSR count). The Labute approximate surface area is 183 Å². The first-order valence-electron chi connectivity index (χ1n) is 9.00. The summed E-state index contributed by atoms with van der Waals surface area (Å²) in [6.07, 6.45) is 3.56. The van der Waals surface area contributed by atoms with Gasteiger partial charge in [-0.15, -0.1) is 0 Å². The van der Waals surface area contributed by atoms with Crippen LogP contribution in [0.25, 0.3) is 17.0 Å². The third-order valence-electron chi connectivity index (χ3n) is 4.49. The van der Waals surface area contributed by atoms with Crippen molar-refractivity contribution in [3.8, 4) is 5.75 Å². The number of nitrogens with zero attached hydrogens (tertiary/aromatic N) is 2. The van der Waals surface area contributed by atoms with Gasteiger partial charge in [0.2, 0.25) is 0 Å². The van der Waals surface area contributed by atoms with E-state index in [2.05, 4.69) is 4.98 Å². The van der Waals surface area contributed by atoms with E-state index in [1.165, 1.54) is 18.2 Å². The molecular formula is C22H19Cl2FN2O3. The quantitative estimate of drug-likeness (QED) is 0.370. The molecule has 2 aromatic carbocycles. The number of aromatic nitrogens is 1. The average molecular weight is 449 g/mol. The molecule has 1 atom stereocenters. The van der Waals surface area contributed by atoms with Crippen LogP contribution in [0.1, 0.15) is 24.2 Å². The fourth-order valence-electron chi connectivity index (χ4n) is 3.21. The van der Waals surface area contributed by atoms with Crippen molar-refractivity contribution in [3.63, 3.8) is 0 Å². The molecule has 0 aliphatic heterocycles. The molecule has 0 saturated heterocycles. The molecule has 5 nitrogen and oxygen atoms in total. The minimum Gasteiger partial charge on any atom is -0.486 e. The van der Waals surface area contributed by atoms with Crippen LogP contribution < -0.4 is 9.64 Å². The predicted molar refractivity (Wildman–Crippen MR) is 118 cm³/mol. The van der Waals surface area contributed by atoms with Crippen molar-refractivity contribution < 1.29 is 19.0 Å². The van der Waals surface area contributed by atoms with Gasteiger partial charge in [0.25, 0.3) is 0 Å². The molecule has 1 aromatic heterocycles. The Morgan fingerprint density at radius 2 is 2.00 bits per heavy atom. The fraction of sp³-hybridized carbons (Fsp3) is 0.182. The van der Waals surface area contributed by atoms with Gasteiger partial charge in [-0.05, 0) is 43.3 Å². The molecule has 0 bridgehead atoms. The van der Waals surface area contributed by atoms with Crippen LogP contribution in [-0.2, 0) is 4.79 Å². The molecule has 0 saturated carbocycles. The summed E-state index contributed by atoms with van der Waals surface area (Å²) in [5.74, 6) is -1.11. The molecule has 0 aliphatic rings. The molecule has 1 heterocycles. The number of hydrogen-bond acceptors (Lipinski definition) is 4. The lowest BCUT2D eigenvalue weighted by molar-refractivity contribution is -0.131. The molecule has 156 valence electrons. The summed E-state index contributed by atoms with van der Waals surface area (Å²) in [4.78, 5) is 17.2. The Kier molecular flexibility index (Phi) is 6.48. The molecule has 0 aliphatic carbocycles. The van der Waals surface area contributed by atoms with Crippen molar-refractivity contribution >= 4 is 51.8 Å². The monoisotopic (exact) mass is 448 g/mol. The van der Waals surface area contributed by atoms with Crippen LogP contribution in [0, 0.1) is 5.82 Å². The van der Waals surface area contributed by atoms with E-state index in [4.69, 9.17) is 33.0 Å². The van der Waals surface area contributed by atoms with Crippen molar-refractivity contribution in [3.05, 3.63) is 69.6 Å². The molecule has 1 N–H and O–H groups in total. The van der Waals surface area contributed by atoms with Crippen molar-refractivity contribution in [2.75, 3.05) is 19.0 Å². The fourth-order valence-corrected chi connectivity index (χ4v) is 3.88. The molecule has 0 fully saturated rings. The molecule has 0 unspecified atom stereocenters. The van der Waals surface area contributed by atoms with Crippen molar-refractivity contribution in [1.29, 1.82) is 0 Å². The summed E-state index contributed by atoms with van der Waals surface area (Å²) >= 11 is 12.3. The van der Waals surface area contributed by atoms with Crippen LogP contribution in [0.2, 0.25) is 10.0 Å². The number of ether oxygens (including phenoxy) is 1. The average Bonchev–Trinajstić information content (AvgIpc) is 2.68. The SMILES string of the molecule is C[C@H](Oc1ccc2ncc(/C=C/C(=O)O)c(N(C)C)c2c1)c1c(Cl)ccc(F)c1Cl. The number of fused-ring (bicyclic) bond motifs is 1. The molecule has 0 spiro atoms. The Morgan fingerprint density at radius 1 is 1.27 bits per heavy atom. The minimum absolute atomic E-state index is 0.0764. The van der Waals surface area contributed by atoms with Gasteiger partial charge in [-0.1, -0.05) is 23.2 Å². The van der Waals surface area contributed by atoms with Crippen molar-refractivity contribution in [2.45, 2.75) is 13.0 Å². The van der Waals surface area contributed by atoms with Gasteiger partial charge in [0.15, 0.2) is 0 Å². The summed E-state index contributed by atoms with van der Waals surface area (Å²) in [6, 6.07) is 7.99. The van der Waals surface area contributed by atoms with Crippen LogP contribution in [0.15, 0.2) is 42.6 Å². The maximum atomic E-state index is 13.9. The number of halogens is 3. The van der Waals surface area contributed by atoms with Crippen molar-refractivity contribution in [1.82, 2.24) is 4.98 Å². The molecule has 30 heavy (non-hydrogen) atoms. The number of pyridine rings is 1.